The number of para-hydroxylation sites is 1. The first kappa shape index (κ1) is 25.5. The molecule has 0 spiro atoms. The minimum Gasteiger partial charge on any atom is -0.270 e. The molecule has 0 aliphatic heterocycles. The molecule has 0 amide bonds. The molecule has 0 bridgehead atoms. The van der Waals surface area contributed by atoms with Gasteiger partial charge in [-0.3, -0.25) is 14.7 Å². The highest BCUT2D eigenvalue weighted by atomic mass is 32.2. The first-order valence-electron chi connectivity index (χ1n) is 11.3. The fourth-order valence-corrected chi connectivity index (χ4v) is 6.14. The normalized spacial score (nSPS) is 11.6. The molecule has 4 rings (SSSR count). The number of sulfonamides is 1. The molecule has 0 saturated heterocycles. The molecule has 0 radical (unpaired) electrons. The summed E-state index contributed by atoms with van der Waals surface area (Å²) in [4.78, 5) is 10.7. The number of nitro benzene ring substituents is 1. The minimum atomic E-state index is -3.64. The summed E-state index contributed by atoms with van der Waals surface area (Å²) in [7, 11) is -3.64. The standard InChI is InChI=1S/C25H25N5O4S2/c1-3-28(4-2)36(33,34)23-12-8-9-20(17-23)24-26-27-25(29(24)21-10-6-5-7-11-21)35-18-19-13-15-22(16-14-19)30(31)32/h5-17H,3-4,18H2,1-2H3. The molecule has 36 heavy (non-hydrogen) atoms. The lowest BCUT2D eigenvalue weighted by Crippen LogP contribution is -2.30. The monoisotopic (exact) mass is 523 g/mol. The largest absolute Gasteiger partial charge is 0.270 e. The number of nitro groups is 1. The molecule has 0 fully saturated rings. The first-order chi connectivity index (χ1) is 17.3. The zero-order valence-electron chi connectivity index (χ0n) is 19.8. The highest BCUT2D eigenvalue weighted by Gasteiger charge is 2.23. The second kappa shape index (κ2) is 11.0. The molecule has 0 N–H and O–H groups in total. The Bertz CT molecular complexity index is 1450. The summed E-state index contributed by atoms with van der Waals surface area (Å²) >= 11 is 1.44. The van der Waals surface area contributed by atoms with Crippen LogP contribution in [0.1, 0.15) is 19.4 Å². The van der Waals surface area contributed by atoms with E-state index in [0.29, 0.717) is 35.4 Å². The van der Waals surface area contributed by atoms with Crippen LogP contribution in [-0.2, 0) is 15.8 Å². The van der Waals surface area contributed by atoms with Crippen molar-refractivity contribution < 1.29 is 13.3 Å². The lowest BCUT2D eigenvalue weighted by molar-refractivity contribution is -0.384. The van der Waals surface area contributed by atoms with Crippen molar-refractivity contribution in [3.8, 4) is 17.1 Å². The van der Waals surface area contributed by atoms with Gasteiger partial charge >= 0.3 is 0 Å². The third kappa shape index (κ3) is 5.32. The van der Waals surface area contributed by atoms with E-state index in [-0.39, 0.29) is 10.6 Å². The maximum Gasteiger partial charge on any atom is 0.269 e. The van der Waals surface area contributed by atoms with E-state index in [4.69, 9.17) is 0 Å². The summed E-state index contributed by atoms with van der Waals surface area (Å²) in [6.07, 6.45) is 0. The predicted octanol–water partition coefficient (Wildman–Crippen LogP) is 5.17. The Kier molecular flexibility index (Phi) is 7.82. The van der Waals surface area contributed by atoms with Gasteiger partial charge in [0, 0.05) is 42.2 Å². The topological polar surface area (TPSA) is 111 Å². The average molecular weight is 524 g/mol. The van der Waals surface area contributed by atoms with Gasteiger partial charge in [-0.25, -0.2) is 8.42 Å². The van der Waals surface area contributed by atoms with Gasteiger partial charge in [0.25, 0.3) is 5.69 Å². The molecule has 0 atom stereocenters. The maximum absolute atomic E-state index is 13.1. The van der Waals surface area contributed by atoms with Crippen molar-refractivity contribution in [2.24, 2.45) is 0 Å². The van der Waals surface area contributed by atoms with E-state index in [2.05, 4.69) is 10.2 Å². The molecule has 1 aromatic heterocycles. The van der Waals surface area contributed by atoms with Crippen LogP contribution in [0.2, 0.25) is 0 Å². The zero-order chi connectivity index (χ0) is 25.7. The van der Waals surface area contributed by atoms with Crippen LogP contribution in [0.15, 0.2) is 88.9 Å². The van der Waals surface area contributed by atoms with Gasteiger partial charge in [0.15, 0.2) is 11.0 Å². The van der Waals surface area contributed by atoms with Crippen molar-refractivity contribution in [3.63, 3.8) is 0 Å². The summed E-state index contributed by atoms with van der Waals surface area (Å²) in [5.41, 5.74) is 2.41. The van der Waals surface area contributed by atoms with Crippen LogP contribution in [0.4, 0.5) is 5.69 Å². The summed E-state index contributed by atoms with van der Waals surface area (Å²) in [6, 6.07) is 22.7. The minimum absolute atomic E-state index is 0.0398. The van der Waals surface area contributed by atoms with Gasteiger partial charge < -0.3 is 0 Å². The van der Waals surface area contributed by atoms with Crippen molar-refractivity contribution >= 4 is 27.5 Å². The van der Waals surface area contributed by atoms with E-state index in [0.717, 1.165) is 11.3 Å². The number of hydrogen-bond donors (Lipinski definition) is 0. The number of hydrogen-bond acceptors (Lipinski definition) is 7. The molecule has 11 heteroatoms. The van der Waals surface area contributed by atoms with Crippen LogP contribution in [-0.4, -0.2) is 45.5 Å². The molecule has 1 heterocycles. The van der Waals surface area contributed by atoms with E-state index in [9.17, 15) is 18.5 Å². The van der Waals surface area contributed by atoms with Crippen molar-refractivity contribution in [2.45, 2.75) is 29.7 Å². The Morgan fingerprint density at radius 1 is 0.944 bits per heavy atom. The molecule has 0 aliphatic carbocycles. The molecule has 0 unspecified atom stereocenters. The highest BCUT2D eigenvalue weighted by molar-refractivity contribution is 7.98. The molecule has 0 aliphatic rings. The Balaban J connectivity index is 1.72. The summed E-state index contributed by atoms with van der Waals surface area (Å²) in [6.45, 7) is 4.39. The van der Waals surface area contributed by atoms with Gasteiger partial charge in [0.1, 0.15) is 0 Å². The molecular formula is C25H25N5O4S2. The predicted molar refractivity (Wildman–Crippen MR) is 140 cm³/mol. The van der Waals surface area contributed by atoms with Crippen molar-refractivity contribution in [1.82, 2.24) is 19.1 Å². The van der Waals surface area contributed by atoms with Crippen LogP contribution < -0.4 is 0 Å². The molecule has 4 aromatic rings. The van der Waals surface area contributed by atoms with Crippen LogP contribution >= 0.6 is 11.8 Å². The number of nitrogens with zero attached hydrogens (tertiary/aromatic N) is 5. The Labute approximate surface area is 214 Å². The SMILES string of the molecule is CCN(CC)S(=O)(=O)c1cccc(-c2nnc(SCc3ccc([N+](=O)[O-])cc3)n2-c2ccccc2)c1. The van der Waals surface area contributed by atoms with E-state index in [1.807, 2.05) is 54.8 Å². The van der Waals surface area contributed by atoms with E-state index in [1.54, 1.807) is 30.3 Å². The Morgan fingerprint density at radius 2 is 1.64 bits per heavy atom. The van der Waals surface area contributed by atoms with Gasteiger partial charge in [0.2, 0.25) is 10.0 Å². The van der Waals surface area contributed by atoms with Crippen LogP contribution in [0, 0.1) is 10.1 Å². The van der Waals surface area contributed by atoms with Gasteiger partial charge in [-0.05, 0) is 29.8 Å². The number of rotatable bonds is 10. The van der Waals surface area contributed by atoms with Crippen LogP contribution in [0.5, 0.6) is 0 Å². The van der Waals surface area contributed by atoms with Gasteiger partial charge in [-0.2, -0.15) is 4.31 Å². The third-order valence-electron chi connectivity index (χ3n) is 5.60. The number of aromatic nitrogens is 3. The van der Waals surface area contributed by atoms with E-state index >= 15 is 0 Å². The lowest BCUT2D eigenvalue weighted by atomic mass is 10.2. The zero-order valence-corrected chi connectivity index (χ0v) is 21.4. The Morgan fingerprint density at radius 3 is 2.28 bits per heavy atom. The van der Waals surface area contributed by atoms with Crippen LogP contribution in [0.25, 0.3) is 17.1 Å². The fraction of sp³-hybridized carbons (Fsp3) is 0.200. The molecule has 3 aromatic carbocycles. The summed E-state index contributed by atoms with van der Waals surface area (Å²) in [5, 5.41) is 20.4. The fourth-order valence-electron chi connectivity index (χ4n) is 3.73. The maximum atomic E-state index is 13.1. The quantitative estimate of drug-likeness (QED) is 0.160. The van der Waals surface area contributed by atoms with Crippen molar-refractivity contribution in [2.75, 3.05) is 13.1 Å². The lowest BCUT2D eigenvalue weighted by Gasteiger charge is -2.19. The number of benzene rings is 3. The molecule has 0 saturated carbocycles. The molecular weight excluding hydrogens is 498 g/mol. The average Bonchev–Trinajstić information content (AvgIpc) is 3.33. The van der Waals surface area contributed by atoms with Crippen molar-refractivity contribution in [3.05, 3.63) is 94.5 Å². The smallest absolute Gasteiger partial charge is 0.269 e. The van der Waals surface area contributed by atoms with Crippen LogP contribution in [0.3, 0.4) is 0 Å². The summed E-state index contributed by atoms with van der Waals surface area (Å²) in [5.74, 6) is 1.04. The number of thioether (sulfide) groups is 1. The highest BCUT2D eigenvalue weighted by Crippen LogP contribution is 2.31. The van der Waals surface area contributed by atoms with E-state index < -0.39 is 14.9 Å². The first-order valence-corrected chi connectivity index (χ1v) is 13.7. The third-order valence-corrected chi connectivity index (χ3v) is 8.64. The van der Waals surface area contributed by atoms with Gasteiger partial charge in [0.05, 0.1) is 9.82 Å². The summed E-state index contributed by atoms with van der Waals surface area (Å²) < 4.78 is 29.5. The Hall–Kier alpha value is -3.54. The number of non-ortho nitro benzene ring substituents is 1. The van der Waals surface area contributed by atoms with Gasteiger partial charge in [-0.15, -0.1) is 10.2 Å². The van der Waals surface area contributed by atoms with Crippen molar-refractivity contribution in [1.29, 1.82) is 0 Å². The molecule has 186 valence electrons. The van der Waals surface area contributed by atoms with Gasteiger partial charge in [-0.1, -0.05) is 68.1 Å². The second-order valence-electron chi connectivity index (χ2n) is 7.81. The van der Waals surface area contributed by atoms with E-state index in [1.165, 1.54) is 28.2 Å². The molecule has 9 nitrogen and oxygen atoms in total. The second-order valence-corrected chi connectivity index (χ2v) is 10.7.